The topological polar surface area (TPSA) is 13.1 Å². The van der Waals surface area contributed by atoms with Gasteiger partial charge in [0.2, 0.25) is 0 Å². The van der Waals surface area contributed by atoms with Crippen LogP contribution in [0.3, 0.4) is 0 Å². The SMILES string of the molecule is C=Cc1ccccc1C(CC)c1ccccc1.c1cc2ccc1o2. The van der Waals surface area contributed by atoms with Gasteiger partial charge >= 0.3 is 0 Å². The standard InChI is InChI=1S/C17H18.C6H4O/c1-3-14-10-8-9-13-17(14)16(4-2)15-11-6-5-7-12-15;1-2-6-4-3-5(1)7-6/h3,5-13,16H,1,4H2,2H3;1-4H. The van der Waals surface area contributed by atoms with Gasteiger partial charge in [-0.1, -0.05) is 74.2 Å². The second-order valence-corrected chi connectivity index (χ2v) is 5.78. The summed E-state index contributed by atoms with van der Waals surface area (Å²) < 4.78 is 5.08. The van der Waals surface area contributed by atoms with Crippen LogP contribution in [0.25, 0.3) is 17.2 Å². The maximum atomic E-state index is 5.08. The van der Waals surface area contributed by atoms with Gasteiger partial charge in [0.1, 0.15) is 11.2 Å². The van der Waals surface area contributed by atoms with Crippen molar-refractivity contribution >= 4 is 17.2 Å². The van der Waals surface area contributed by atoms with Crippen molar-refractivity contribution in [3.63, 3.8) is 0 Å². The molecule has 0 amide bonds. The van der Waals surface area contributed by atoms with E-state index in [0.29, 0.717) is 5.92 Å². The van der Waals surface area contributed by atoms with E-state index < -0.39 is 0 Å². The Morgan fingerprint density at radius 2 is 1.42 bits per heavy atom. The second kappa shape index (κ2) is 7.65. The Bertz CT molecular complexity index is 828. The van der Waals surface area contributed by atoms with Crippen LogP contribution in [-0.4, -0.2) is 0 Å². The summed E-state index contributed by atoms with van der Waals surface area (Å²) in [6.45, 7) is 6.14. The van der Waals surface area contributed by atoms with Crippen molar-refractivity contribution < 1.29 is 4.42 Å². The van der Waals surface area contributed by atoms with Crippen molar-refractivity contribution in [1.82, 2.24) is 0 Å². The molecule has 0 aliphatic carbocycles. The molecule has 1 unspecified atom stereocenters. The smallest absolute Gasteiger partial charge is 0.127 e. The highest BCUT2D eigenvalue weighted by atomic mass is 16.3. The summed E-state index contributed by atoms with van der Waals surface area (Å²) >= 11 is 0. The summed E-state index contributed by atoms with van der Waals surface area (Å²) in [7, 11) is 0. The quantitative estimate of drug-likeness (QED) is 0.406. The summed E-state index contributed by atoms with van der Waals surface area (Å²) in [4.78, 5) is 0. The van der Waals surface area contributed by atoms with Gasteiger partial charge < -0.3 is 4.42 Å². The first kappa shape index (κ1) is 16.1. The van der Waals surface area contributed by atoms with Crippen molar-refractivity contribution in [2.45, 2.75) is 19.3 Å². The van der Waals surface area contributed by atoms with Crippen LogP contribution in [0.5, 0.6) is 0 Å². The molecule has 0 aliphatic rings. The van der Waals surface area contributed by atoms with Gasteiger partial charge in [0.15, 0.2) is 0 Å². The fourth-order valence-electron chi connectivity index (χ4n) is 3.05. The van der Waals surface area contributed by atoms with E-state index in [9.17, 15) is 0 Å². The average Bonchev–Trinajstić information content (AvgIpc) is 3.30. The molecule has 0 N–H and O–H groups in total. The number of benzene rings is 3. The first-order valence-electron chi connectivity index (χ1n) is 8.36. The minimum absolute atomic E-state index is 0.463. The van der Waals surface area contributed by atoms with Crippen LogP contribution >= 0.6 is 0 Å². The van der Waals surface area contributed by atoms with E-state index in [2.05, 4.69) is 68.1 Å². The highest BCUT2D eigenvalue weighted by Gasteiger charge is 2.13. The van der Waals surface area contributed by atoms with E-state index in [4.69, 9.17) is 4.42 Å². The molecule has 0 aliphatic heterocycles. The number of rotatable bonds is 4. The van der Waals surface area contributed by atoms with Gasteiger partial charge in [-0.15, -0.1) is 0 Å². The Morgan fingerprint density at radius 1 is 0.833 bits per heavy atom. The van der Waals surface area contributed by atoms with Crippen LogP contribution < -0.4 is 0 Å². The van der Waals surface area contributed by atoms with Crippen LogP contribution in [0.2, 0.25) is 0 Å². The predicted molar refractivity (Wildman–Crippen MR) is 103 cm³/mol. The maximum Gasteiger partial charge on any atom is 0.127 e. The lowest BCUT2D eigenvalue weighted by Gasteiger charge is -2.18. The molecule has 1 atom stereocenters. The molecule has 120 valence electrons. The van der Waals surface area contributed by atoms with E-state index in [0.717, 1.165) is 17.6 Å². The largest absolute Gasteiger partial charge is 0.457 e. The summed E-state index contributed by atoms with van der Waals surface area (Å²) in [6, 6.07) is 27.0. The molecule has 2 aromatic carbocycles. The van der Waals surface area contributed by atoms with Gasteiger partial charge in [0.05, 0.1) is 0 Å². The third-order valence-electron chi connectivity index (χ3n) is 4.26. The van der Waals surface area contributed by atoms with Crippen molar-refractivity contribution in [3.05, 3.63) is 102 Å². The van der Waals surface area contributed by atoms with Crippen molar-refractivity contribution in [2.24, 2.45) is 0 Å². The minimum atomic E-state index is 0.463. The Balaban J connectivity index is 0.000000198. The van der Waals surface area contributed by atoms with Gasteiger partial charge in [-0.3, -0.25) is 0 Å². The molecule has 2 aromatic heterocycles. The zero-order valence-electron chi connectivity index (χ0n) is 14.0. The molecule has 0 saturated heterocycles. The Labute approximate surface area is 143 Å². The molecular formula is C23H22O. The van der Waals surface area contributed by atoms with Gasteiger partial charge in [0, 0.05) is 5.92 Å². The number of furan rings is 2. The lowest BCUT2D eigenvalue weighted by atomic mass is 9.86. The fourth-order valence-corrected chi connectivity index (χ4v) is 3.05. The molecule has 24 heavy (non-hydrogen) atoms. The zero-order valence-corrected chi connectivity index (χ0v) is 14.0. The van der Waals surface area contributed by atoms with Crippen LogP contribution in [0, 0.1) is 0 Å². The first-order valence-corrected chi connectivity index (χ1v) is 8.36. The van der Waals surface area contributed by atoms with Gasteiger partial charge in [-0.2, -0.15) is 0 Å². The second-order valence-electron chi connectivity index (χ2n) is 5.78. The molecule has 0 radical (unpaired) electrons. The molecule has 0 spiro atoms. The molecule has 1 heteroatoms. The molecule has 4 aromatic rings. The highest BCUT2D eigenvalue weighted by molar-refractivity contribution is 5.59. The molecule has 2 bridgehead atoms. The first-order chi connectivity index (χ1) is 11.8. The van der Waals surface area contributed by atoms with E-state index in [1.165, 1.54) is 16.7 Å². The Hall–Kier alpha value is -2.80. The molecule has 4 rings (SSSR count). The van der Waals surface area contributed by atoms with Crippen molar-refractivity contribution in [2.75, 3.05) is 0 Å². The average molecular weight is 314 g/mol. The molecule has 0 saturated carbocycles. The van der Waals surface area contributed by atoms with Crippen LogP contribution in [0.4, 0.5) is 0 Å². The van der Waals surface area contributed by atoms with Crippen molar-refractivity contribution in [3.8, 4) is 0 Å². The highest BCUT2D eigenvalue weighted by Crippen LogP contribution is 2.30. The zero-order chi connectivity index (χ0) is 16.8. The third kappa shape index (κ3) is 3.57. The number of hydrogen-bond acceptors (Lipinski definition) is 1. The van der Waals surface area contributed by atoms with E-state index in [1.807, 2.05) is 30.3 Å². The predicted octanol–water partition coefficient (Wildman–Crippen LogP) is 6.74. The summed E-state index contributed by atoms with van der Waals surface area (Å²) in [5.41, 5.74) is 5.92. The minimum Gasteiger partial charge on any atom is -0.457 e. The number of fused-ring (bicyclic) bond motifs is 2. The summed E-state index contributed by atoms with van der Waals surface area (Å²) in [6.07, 6.45) is 3.05. The lowest BCUT2D eigenvalue weighted by molar-refractivity contribution is 0.675. The van der Waals surface area contributed by atoms with Crippen LogP contribution in [0.1, 0.15) is 36.0 Å². The van der Waals surface area contributed by atoms with E-state index in [1.54, 1.807) is 0 Å². The molecule has 0 fully saturated rings. The third-order valence-corrected chi connectivity index (χ3v) is 4.26. The Kier molecular flexibility index (Phi) is 5.12. The summed E-state index contributed by atoms with van der Waals surface area (Å²) in [5, 5.41) is 0. The van der Waals surface area contributed by atoms with Crippen LogP contribution in [0.15, 0.2) is 89.9 Å². The maximum absolute atomic E-state index is 5.08. The van der Waals surface area contributed by atoms with Gasteiger partial charge in [0.25, 0.3) is 0 Å². The van der Waals surface area contributed by atoms with Crippen molar-refractivity contribution in [1.29, 1.82) is 0 Å². The van der Waals surface area contributed by atoms with Gasteiger partial charge in [-0.05, 0) is 47.4 Å². The number of hydrogen-bond donors (Lipinski definition) is 0. The molecule has 1 nitrogen and oxygen atoms in total. The fraction of sp³-hybridized carbons (Fsp3) is 0.130. The lowest BCUT2D eigenvalue weighted by Crippen LogP contribution is -2.01. The van der Waals surface area contributed by atoms with E-state index in [-0.39, 0.29) is 0 Å². The molecular weight excluding hydrogens is 292 g/mol. The van der Waals surface area contributed by atoms with Crippen LogP contribution in [-0.2, 0) is 0 Å². The monoisotopic (exact) mass is 314 g/mol. The molecule has 2 heterocycles. The van der Waals surface area contributed by atoms with E-state index >= 15 is 0 Å². The summed E-state index contributed by atoms with van der Waals surface area (Å²) in [5.74, 6) is 0.463. The normalized spacial score (nSPS) is 11.7. The Morgan fingerprint density at radius 3 is 1.92 bits per heavy atom. The van der Waals surface area contributed by atoms with Gasteiger partial charge in [-0.25, -0.2) is 0 Å².